The van der Waals surface area contributed by atoms with Crippen LogP contribution in [0.3, 0.4) is 0 Å². The molecule has 0 aliphatic carbocycles. The average Bonchev–Trinajstić information content (AvgIpc) is 2.63. The van der Waals surface area contributed by atoms with Crippen molar-refractivity contribution in [1.29, 1.82) is 0 Å². The van der Waals surface area contributed by atoms with Crippen molar-refractivity contribution in [3.8, 4) is 0 Å². The topological polar surface area (TPSA) is 84.5 Å². The number of hydrogen-bond acceptors (Lipinski definition) is 4. The molecule has 2 N–H and O–H groups in total. The number of amides is 2. The second-order valence-electron chi connectivity index (χ2n) is 5.23. The number of para-hydroxylation sites is 1. The maximum atomic E-state index is 12.0. The van der Waals surface area contributed by atoms with Crippen molar-refractivity contribution in [2.24, 2.45) is 0 Å². The lowest BCUT2D eigenvalue weighted by molar-refractivity contribution is -0.136. The Morgan fingerprint density at radius 2 is 1.77 bits per heavy atom. The molecule has 6 nitrogen and oxygen atoms in total. The van der Waals surface area contributed by atoms with E-state index in [4.69, 9.17) is 23.2 Å². The van der Waals surface area contributed by atoms with Crippen LogP contribution in [0.1, 0.15) is 15.9 Å². The molecule has 0 aromatic heterocycles. The average molecular weight is 395 g/mol. The number of nitrogens with one attached hydrogen (secondary N) is 2. The number of ether oxygens (including phenoxy) is 1. The molecule has 0 unspecified atom stereocenters. The van der Waals surface area contributed by atoms with Crippen molar-refractivity contribution in [3.63, 3.8) is 0 Å². The minimum absolute atomic E-state index is 0.157. The van der Waals surface area contributed by atoms with Gasteiger partial charge in [0.25, 0.3) is 0 Å². The van der Waals surface area contributed by atoms with Crippen LogP contribution in [0.15, 0.2) is 42.5 Å². The van der Waals surface area contributed by atoms with Crippen LogP contribution in [0.25, 0.3) is 0 Å². The summed E-state index contributed by atoms with van der Waals surface area (Å²) >= 11 is 11.9. The van der Waals surface area contributed by atoms with Crippen LogP contribution in [0.4, 0.5) is 5.69 Å². The number of rotatable bonds is 5. The molecule has 0 fully saturated rings. The molecule has 0 spiro atoms. The van der Waals surface area contributed by atoms with E-state index in [1.54, 1.807) is 30.3 Å². The molecular weight excluding hydrogens is 379 g/mol. The quantitative estimate of drug-likeness (QED) is 0.602. The number of hydrogen-bond donors (Lipinski definition) is 2. The monoisotopic (exact) mass is 394 g/mol. The summed E-state index contributed by atoms with van der Waals surface area (Å²) in [4.78, 5) is 35.6. The molecule has 26 heavy (non-hydrogen) atoms. The van der Waals surface area contributed by atoms with Crippen LogP contribution >= 0.6 is 23.2 Å². The first kappa shape index (κ1) is 19.8. The van der Waals surface area contributed by atoms with Gasteiger partial charge in [0.2, 0.25) is 0 Å². The van der Waals surface area contributed by atoms with Crippen LogP contribution < -0.4 is 10.6 Å². The van der Waals surface area contributed by atoms with Crippen molar-refractivity contribution in [3.05, 3.63) is 63.6 Å². The summed E-state index contributed by atoms with van der Waals surface area (Å²) in [5.41, 5.74) is 1.15. The van der Waals surface area contributed by atoms with Gasteiger partial charge < -0.3 is 15.4 Å². The predicted octanol–water partition coefficient (Wildman–Crippen LogP) is 3.08. The Bertz CT molecular complexity index is 840. The van der Waals surface area contributed by atoms with Gasteiger partial charge in [0, 0.05) is 16.6 Å². The molecule has 0 aliphatic rings. The summed E-state index contributed by atoms with van der Waals surface area (Å²) in [5.74, 6) is -2.32. The molecule has 0 saturated carbocycles. The van der Waals surface area contributed by atoms with Crippen LogP contribution in [0.2, 0.25) is 10.0 Å². The van der Waals surface area contributed by atoms with Crippen LogP contribution in [0, 0.1) is 0 Å². The summed E-state index contributed by atoms with van der Waals surface area (Å²) in [7, 11) is 1.23. The lowest BCUT2D eigenvalue weighted by atomic mass is 10.1. The Kier molecular flexibility index (Phi) is 7.00. The largest absolute Gasteiger partial charge is 0.465 e. The molecule has 0 bridgehead atoms. The second kappa shape index (κ2) is 9.22. The van der Waals surface area contributed by atoms with E-state index in [1.807, 2.05) is 0 Å². The molecule has 2 amide bonds. The normalized spacial score (nSPS) is 10.1. The van der Waals surface area contributed by atoms with Gasteiger partial charge in [0.15, 0.2) is 0 Å². The highest BCUT2D eigenvalue weighted by Crippen LogP contribution is 2.21. The summed E-state index contributed by atoms with van der Waals surface area (Å²) in [6, 6.07) is 11.3. The number of halogens is 2. The Morgan fingerprint density at radius 3 is 2.46 bits per heavy atom. The zero-order chi connectivity index (χ0) is 19.1. The van der Waals surface area contributed by atoms with Gasteiger partial charge in [-0.2, -0.15) is 0 Å². The Labute approximate surface area is 160 Å². The van der Waals surface area contributed by atoms with Crippen molar-refractivity contribution in [1.82, 2.24) is 5.32 Å². The van der Waals surface area contributed by atoms with E-state index in [2.05, 4.69) is 15.4 Å². The van der Waals surface area contributed by atoms with Gasteiger partial charge >= 0.3 is 17.8 Å². The smallest absolute Gasteiger partial charge is 0.339 e. The first-order valence-electron chi connectivity index (χ1n) is 7.63. The van der Waals surface area contributed by atoms with Crippen LogP contribution in [0.5, 0.6) is 0 Å². The Morgan fingerprint density at radius 1 is 1.04 bits per heavy atom. The highest BCUT2D eigenvalue weighted by molar-refractivity contribution is 6.40. The third-order valence-corrected chi connectivity index (χ3v) is 4.07. The van der Waals surface area contributed by atoms with Gasteiger partial charge in [-0.1, -0.05) is 41.4 Å². The van der Waals surface area contributed by atoms with Gasteiger partial charge in [-0.05, 0) is 36.2 Å². The maximum Gasteiger partial charge on any atom is 0.339 e. The summed E-state index contributed by atoms with van der Waals surface area (Å²) < 4.78 is 4.64. The zero-order valence-corrected chi connectivity index (χ0v) is 15.4. The zero-order valence-electron chi connectivity index (χ0n) is 13.8. The van der Waals surface area contributed by atoms with E-state index >= 15 is 0 Å². The van der Waals surface area contributed by atoms with Gasteiger partial charge in [-0.3, -0.25) is 9.59 Å². The van der Waals surface area contributed by atoms with E-state index < -0.39 is 17.8 Å². The van der Waals surface area contributed by atoms with E-state index in [0.29, 0.717) is 16.5 Å². The maximum absolute atomic E-state index is 12.0. The lowest BCUT2D eigenvalue weighted by Crippen LogP contribution is -2.36. The van der Waals surface area contributed by atoms with Crippen LogP contribution in [-0.4, -0.2) is 31.4 Å². The van der Waals surface area contributed by atoms with Crippen molar-refractivity contribution in [2.75, 3.05) is 19.0 Å². The lowest BCUT2D eigenvalue weighted by Gasteiger charge is -2.10. The summed E-state index contributed by atoms with van der Waals surface area (Å²) in [6.45, 7) is 0.215. The molecule has 0 heterocycles. The summed E-state index contributed by atoms with van der Waals surface area (Å²) in [5, 5.41) is 5.90. The predicted molar refractivity (Wildman–Crippen MR) is 99.6 cm³/mol. The van der Waals surface area contributed by atoms with Crippen molar-refractivity contribution in [2.45, 2.75) is 6.42 Å². The third-order valence-electron chi connectivity index (χ3n) is 3.48. The number of methoxy groups -OCH3 is 1. The minimum atomic E-state index is -0.886. The van der Waals surface area contributed by atoms with E-state index in [1.165, 1.54) is 19.2 Å². The highest BCUT2D eigenvalue weighted by atomic mass is 35.5. The third kappa shape index (κ3) is 5.21. The number of carbonyl (C=O) groups excluding carboxylic acids is 3. The molecule has 0 saturated heterocycles. The number of carbonyl (C=O) groups is 3. The van der Waals surface area contributed by atoms with Crippen molar-refractivity contribution >= 4 is 46.7 Å². The van der Waals surface area contributed by atoms with Gasteiger partial charge in [-0.25, -0.2) is 4.79 Å². The molecule has 0 atom stereocenters. The van der Waals surface area contributed by atoms with Gasteiger partial charge in [0.1, 0.15) is 0 Å². The van der Waals surface area contributed by atoms with Crippen molar-refractivity contribution < 1.29 is 19.1 Å². The van der Waals surface area contributed by atoms with Gasteiger partial charge in [-0.15, -0.1) is 0 Å². The molecule has 0 aliphatic heterocycles. The number of anilines is 1. The van der Waals surface area contributed by atoms with Gasteiger partial charge in [0.05, 0.1) is 18.4 Å². The van der Waals surface area contributed by atoms with Crippen LogP contribution in [-0.2, 0) is 20.7 Å². The molecule has 136 valence electrons. The first-order valence-corrected chi connectivity index (χ1v) is 8.38. The summed E-state index contributed by atoms with van der Waals surface area (Å²) in [6.07, 6.45) is 0.438. The SMILES string of the molecule is COC(=O)c1ccccc1NC(=O)C(=O)NCCc1ccc(Cl)cc1Cl. The molecule has 2 aromatic rings. The number of benzene rings is 2. The molecule has 2 aromatic carbocycles. The Hall–Kier alpha value is -2.57. The fraction of sp³-hybridized carbons (Fsp3) is 0.167. The highest BCUT2D eigenvalue weighted by Gasteiger charge is 2.17. The minimum Gasteiger partial charge on any atom is -0.465 e. The Balaban J connectivity index is 1.92. The van der Waals surface area contributed by atoms with E-state index in [9.17, 15) is 14.4 Å². The fourth-order valence-electron chi connectivity index (χ4n) is 2.17. The molecule has 8 heteroatoms. The number of esters is 1. The van der Waals surface area contributed by atoms with E-state index in [-0.39, 0.29) is 17.8 Å². The first-order chi connectivity index (χ1) is 12.4. The molecule has 2 rings (SSSR count). The molecule has 0 radical (unpaired) electrons. The molecular formula is C18H16Cl2N2O4. The standard InChI is InChI=1S/C18H16Cl2N2O4/c1-26-18(25)13-4-2-3-5-15(13)22-17(24)16(23)21-9-8-11-6-7-12(19)10-14(11)20/h2-7,10H,8-9H2,1H3,(H,21,23)(H,22,24). The second-order valence-corrected chi connectivity index (χ2v) is 6.08. The van der Waals surface area contributed by atoms with E-state index in [0.717, 1.165) is 5.56 Å². The fourth-order valence-corrected chi connectivity index (χ4v) is 2.68.